The fraction of sp³-hybridized carbons (Fsp3) is 0.944. The summed E-state index contributed by atoms with van der Waals surface area (Å²) in [7, 11) is 0. The summed E-state index contributed by atoms with van der Waals surface area (Å²) in [5.74, 6) is -0.0569. The van der Waals surface area contributed by atoms with Crippen LogP contribution in [-0.4, -0.2) is 11.6 Å². The van der Waals surface area contributed by atoms with Gasteiger partial charge in [0, 0.05) is 0 Å². The van der Waals surface area contributed by atoms with E-state index >= 15 is 0 Å². The quantitative estimate of drug-likeness (QED) is 0.542. The molecule has 0 saturated heterocycles. The van der Waals surface area contributed by atoms with Gasteiger partial charge in [-0.1, -0.05) is 61.3 Å². The van der Waals surface area contributed by atoms with E-state index < -0.39 is 0 Å². The van der Waals surface area contributed by atoms with Crippen molar-refractivity contribution in [3.05, 3.63) is 0 Å². The lowest BCUT2D eigenvalue weighted by molar-refractivity contribution is -0.168. The van der Waals surface area contributed by atoms with E-state index in [-0.39, 0.29) is 28.3 Å². The molecule has 20 heavy (non-hydrogen) atoms. The van der Waals surface area contributed by atoms with Gasteiger partial charge < -0.3 is 4.74 Å². The van der Waals surface area contributed by atoms with Crippen LogP contribution in [0.1, 0.15) is 88.0 Å². The van der Waals surface area contributed by atoms with Gasteiger partial charge in [0.15, 0.2) is 0 Å². The van der Waals surface area contributed by atoms with Gasteiger partial charge in [-0.15, -0.1) is 0 Å². The second-order valence-electron chi connectivity index (χ2n) is 8.15. The summed E-state index contributed by atoms with van der Waals surface area (Å²) in [4.78, 5) is 12.7. The van der Waals surface area contributed by atoms with Crippen molar-refractivity contribution in [2.75, 3.05) is 0 Å². The molecule has 0 radical (unpaired) electrons. The first kappa shape index (κ1) is 19.5. The van der Waals surface area contributed by atoms with Gasteiger partial charge >= 0.3 is 5.97 Å². The Bertz CT molecular complexity index is 313. The van der Waals surface area contributed by atoms with E-state index in [0.717, 1.165) is 25.7 Å². The molecule has 1 unspecified atom stereocenters. The number of esters is 1. The highest BCUT2D eigenvalue weighted by molar-refractivity contribution is 5.74. The minimum atomic E-state index is -0.366. The normalized spacial score (nSPS) is 15.1. The van der Waals surface area contributed by atoms with Crippen molar-refractivity contribution in [1.29, 1.82) is 0 Å². The molecule has 2 nitrogen and oxygen atoms in total. The minimum absolute atomic E-state index is 0.0205. The van der Waals surface area contributed by atoms with Crippen LogP contribution >= 0.6 is 0 Å². The second kappa shape index (κ2) is 6.95. The summed E-state index contributed by atoms with van der Waals surface area (Å²) < 4.78 is 5.79. The van der Waals surface area contributed by atoms with Gasteiger partial charge in [-0.2, -0.15) is 0 Å². The molecule has 0 spiro atoms. The van der Waals surface area contributed by atoms with Crippen molar-refractivity contribution in [3.63, 3.8) is 0 Å². The van der Waals surface area contributed by atoms with Crippen LogP contribution in [0, 0.1) is 16.7 Å². The van der Waals surface area contributed by atoms with Crippen molar-refractivity contribution in [2.24, 2.45) is 16.7 Å². The van der Waals surface area contributed by atoms with Crippen molar-refractivity contribution in [2.45, 2.75) is 93.6 Å². The summed E-state index contributed by atoms with van der Waals surface area (Å²) in [6.45, 7) is 19.2. The van der Waals surface area contributed by atoms with Gasteiger partial charge in [0.25, 0.3) is 0 Å². The Morgan fingerprint density at radius 3 is 1.75 bits per heavy atom. The van der Waals surface area contributed by atoms with Crippen molar-refractivity contribution < 1.29 is 9.53 Å². The largest absolute Gasteiger partial charge is 0.459 e. The molecule has 0 aliphatic carbocycles. The van der Waals surface area contributed by atoms with Crippen LogP contribution in [0.4, 0.5) is 0 Å². The zero-order chi connectivity index (χ0) is 16.2. The van der Waals surface area contributed by atoms with Crippen LogP contribution < -0.4 is 0 Å². The van der Waals surface area contributed by atoms with E-state index in [1.165, 1.54) is 0 Å². The smallest absolute Gasteiger partial charge is 0.310 e. The van der Waals surface area contributed by atoms with Crippen LogP contribution in [-0.2, 0) is 9.53 Å². The molecule has 0 aromatic heterocycles. The molecule has 0 aromatic rings. The minimum Gasteiger partial charge on any atom is -0.459 e. The molecular formula is C18H36O2. The molecule has 2 heteroatoms. The van der Waals surface area contributed by atoms with Gasteiger partial charge in [0.05, 0.1) is 5.92 Å². The number of rotatable bonds is 8. The van der Waals surface area contributed by atoms with Crippen molar-refractivity contribution in [3.8, 4) is 0 Å². The monoisotopic (exact) mass is 284 g/mol. The zero-order valence-corrected chi connectivity index (χ0v) is 15.2. The third-order valence-corrected chi connectivity index (χ3v) is 5.08. The summed E-state index contributed by atoms with van der Waals surface area (Å²) >= 11 is 0. The Hall–Kier alpha value is -0.530. The second-order valence-corrected chi connectivity index (χ2v) is 8.15. The maximum atomic E-state index is 12.7. The zero-order valence-electron chi connectivity index (χ0n) is 15.2. The summed E-state index contributed by atoms with van der Waals surface area (Å²) in [5.41, 5.74) is -0.213. The maximum Gasteiger partial charge on any atom is 0.310 e. The van der Waals surface area contributed by atoms with Crippen LogP contribution in [0.2, 0.25) is 0 Å². The molecule has 0 bridgehead atoms. The van der Waals surface area contributed by atoms with Crippen LogP contribution in [0.15, 0.2) is 0 Å². The van der Waals surface area contributed by atoms with Crippen LogP contribution in [0.5, 0.6) is 0 Å². The molecule has 0 aromatic carbocycles. The molecule has 0 rings (SSSR count). The number of carbonyl (C=O) groups excluding carboxylic acids is 1. The molecule has 0 amide bonds. The van der Waals surface area contributed by atoms with E-state index in [0.29, 0.717) is 0 Å². The first-order chi connectivity index (χ1) is 8.90. The molecule has 0 fully saturated rings. The number of hydrogen-bond acceptors (Lipinski definition) is 2. The number of hydrogen-bond donors (Lipinski definition) is 0. The van der Waals surface area contributed by atoms with E-state index in [1.807, 2.05) is 13.8 Å². The summed E-state index contributed by atoms with van der Waals surface area (Å²) in [6, 6.07) is 0. The van der Waals surface area contributed by atoms with Gasteiger partial charge in [0.1, 0.15) is 5.60 Å². The molecule has 0 aliphatic heterocycles. The Kier molecular flexibility index (Phi) is 6.77. The highest BCUT2D eigenvalue weighted by Gasteiger charge is 2.40. The third kappa shape index (κ3) is 5.85. The van der Waals surface area contributed by atoms with E-state index in [4.69, 9.17) is 4.74 Å². The number of ether oxygens (including phenoxy) is 1. The summed E-state index contributed by atoms with van der Waals surface area (Å²) in [5, 5.41) is 0. The first-order valence-electron chi connectivity index (χ1n) is 8.13. The molecule has 0 heterocycles. The lowest BCUT2D eigenvalue weighted by Gasteiger charge is -2.38. The Balaban J connectivity index is 5.19. The average Bonchev–Trinajstić information content (AvgIpc) is 2.35. The maximum absolute atomic E-state index is 12.7. The predicted octanol–water partition coefficient (Wildman–Crippen LogP) is 5.60. The third-order valence-electron chi connectivity index (χ3n) is 5.08. The fourth-order valence-corrected chi connectivity index (χ4v) is 2.04. The first-order valence-corrected chi connectivity index (χ1v) is 8.13. The molecule has 120 valence electrons. The number of carbonyl (C=O) groups is 1. The summed E-state index contributed by atoms with van der Waals surface area (Å²) in [6.07, 6.45) is 3.80. The topological polar surface area (TPSA) is 26.3 Å². The molecular weight excluding hydrogens is 248 g/mol. The Morgan fingerprint density at radius 2 is 1.40 bits per heavy atom. The van der Waals surface area contributed by atoms with Crippen molar-refractivity contribution in [1.82, 2.24) is 0 Å². The van der Waals surface area contributed by atoms with E-state index in [2.05, 4.69) is 48.5 Å². The van der Waals surface area contributed by atoms with Gasteiger partial charge in [-0.05, 0) is 37.5 Å². The van der Waals surface area contributed by atoms with Gasteiger partial charge in [-0.25, -0.2) is 0 Å². The predicted molar refractivity (Wildman–Crippen MR) is 86.7 cm³/mol. The SMILES string of the molecule is CCC(C)(C)CC(C(=O)OC(C)(C)CC)C(C)(C)CC. The average molecular weight is 284 g/mol. The van der Waals surface area contributed by atoms with E-state index in [9.17, 15) is 4.79 Å². The highest BCUT2D eigenvalue weighted by atomic mass is 16.6. The van der Waals surface area contributed by atoms with Crippen LogP contribution in [0.3, 0.4) is 0 Å². The molecule has 1 atom stereocenters. The molecule has 0 N–H and O–H groups in total. The lowest BCUT2D eigenvalue weighted by atomic mass is 9.68. The highest BCUT2D eigenvalue weighted by Crippen LogP contribution is 2.41. The van der Waals surface area contributed by atoms with Crippen molar-refractivity contribution >= 4 is 5.97 Å². The van der Waals surface area contributed by atoms with Crippen LogP contribution in [0.25, 0.3) is 0 Å². The van der Waals surface area contributed by atoms with Gasteiger partial charge in [0.2, 0.25) is 0 Å². The molecule has 0 aliphatic rings. The fourth-order valence-electron chi connectivity index (χ4n) is 2.04. The lowest BCUT2D eigenvalue weighted by Crippen LogP contribution is -2.39. The Morgan fingerprint density at radius 1 is 0.900 bits per heavy atom. The Labute approximate surface area is 126 Å². The van der Waals surface area contributed by atoms with E-state index in [1.54, 1.807) is 0 Å². The van der Waals surface area contributed by atoms with Gasteiger partial charge in [-0.3, -0.25) is 4.79 Å². The standard InChI is InChI=1S/C18H36O2/c1-10-16(4,5)13-14(17(6,7)11-2)15(19)20-18(8,9)12-3/h14H,10-13H2,1-9H3. The molecule has 0 saturated carbocycles.